The highest BCUT2D eigenvalue weighted by Crippen LogP contribution is 2.21. The minimum atomic E-state index is -3.83. The minimum absolute atomic E-state index is 0.102. The van der Waals surface area contributed by atoms with E-state index in [-0.39, 0.29) is 9.79 Å². The molecule has 2 aromatic carbocycles. The molecule has 3 aromatic rings. The maximum atomic E-state index is 12.6. The highest BCUT2D eigenvalue weighted by molar-refractivity contribution is 9.10. The Hall–Kier alpha value is -1.92. The number of rotatable bonds is 2. The number of pyridine rings is 1. The largest absolute Gasteiger partial charge is 0.360 e. The lowest BCUT2D eigenvalue weighted by Crippen LogP contribution is -2.16. The van der Waals surface area contributed by atoms with E-state index in [9.17, 15) is 13.2 Å². The molecular weight excluding hydrogens is 354 g/mol. The average molecular weight is 364 g/mol. The Morgan fingerprint density at radius 2 is 1.71 bits per heavy atom. The van der Waals surface area contributed by atoms with Gasteiger partial charge in [0.25, 0.3) is 0 Å². The van der Waals surface area contributed by atoms with Gasteiger partial charge in [-0.15, -0.1) is 0 Å². The first-order valence-electron chi connectivity index (χ1n) is 6.11. The molecule has 0 bridgehead atoms. The number of sulfone groups is 1. The van der Waals surface area contributed by atoms with E-state index in [4.69, 9.17) is 0 Å². The van der Waals surface area contributed by atoms with Crippen LogP contribution in [-0.2, 0) is 9.84 Å². The highest BCUT2D eigenvalue weighted by Gasteiger charge is 2.22. The summed E-state index contributed by atoms with van der Waals surface area (Å²) in [6.45, 7) is 0. The van der Waals surface area contributed by atoms with E-state index in [0.717, 1.165) is 4.47 Å². The molecule has 0 aliphatic carbocycles. The van der Waals surface area contributed by atoms with Gasteiger partial charge in [0.15, 0.2) is 0 Å². The fourth-order valence-corrected chi connectivity index (χ4v) is 3.80. The predicted molar refractivity (Wildman–Crippen MR) is 84.2 cm³/mol. The van der Waals surface area contributed by atoms with E-state index >= 15 is 0 Å². The van der Waals surface area contributed by atoms with E-state index in [1.807, 2.05) is 0 Å². The molecule has 0 aliphatic heterocycles. The van der Waals surface area contributed by atoms with Crippen LogP contribution in [0.4, 0.5) is 0 Å². The van der Waals surface area contributed by atoms with Gasteiger partial charge in [-0.1, -0.05) is 34.1 Å². The number of aromatic amines is 1. The molecule has 0 spiro atoms. The maximum Gasteiger partial charge on any atom is 0.211 e. The second-order valence-corrected chi connectivity index (χ2v) is 7.32. The van der Waals surface area contributed by atoms with E-state index in [1.54, 1.807) is 36.4 Å². The third-order valence-electron chi connectivity index (χ3n) is 3.15. The summed E-state index contributed by atoms with van der Waals surface area (Å²) >= 11 is 3.28. The maximum absolute atomic E-state index is 12.6. The zero-order valence-corrected chi connectivity index (χ0v) is 13.1. The summed E-state index contributed by atoms with van der Waals surface area (Å²) < 4.78 is 25.8. The molecule has 0 aliphatic rings. The number of aromatic nitrogens is 1. The smallest absolute Gasteiger partial charge is 0.211 e. The quantitative estimate of drug-likeness (QED) is 0.760. The summed E-state index contributed by atoms with van der Waals surface area (Å²) in [5.41, 5.74) is 0.0871. The van der Waals surface area contributed by atoms with Gasteiger partial charge >= 0.3 is 0 Å². The molecule has 1 N–H and O–H groups in total. The molecule has 0 atom stereocenters. The fraction of sp³-hybridized carbons (Fsp3) is 0. The van der Waals surface area contributed by atoms with Crippen LogP contribution in [0.1, 0.15) is 0 Å². The van der Waals surface area contributed by atoms with Gasteiger partial charge in [-0.05, 0) is 30.3 Å². The average Bonchev–Trinajstić information content (AvgIpc) is 2.49. The lowest BCUT2D eigenvalue weighted by atomic mass is 10.2. The van der Waals surface area contributed by atoms with Crippen molar-refractivity contribution >= 4 is 36.7 Å². The molecule has 21 heavy (non-hydrogen) atoms. The van der Waals surface area contributed by atoms with Gasteiger partial charge in [-0.3, -0.25) is 4.79 Å². The first-order valence-corrected chi connectivity index (χ1v) is 8.39. The molecule has 0 saturated heterocycles. The SMILES string of the molecule is O=c1c(S(=O)(=O)c2ccccc2)c[nH]c2ccc(Br)cc12. The van der Waals surface area contributed by atoms with Gasteiger partial charge in [-0.25, -0.2) is 8.42 Å². The van der Waals surface area contributed by atoms with E-state index in [0.29, 0.717) is 10.9 Å². The Balaban J connectivity index is 2.32. The monoisotopic (exact) mass is 363 g/mol. The van der Waals surface area contributed by atoms with Gasteiger partial charge in [0, 0.05) is 21.6 Å². The van der Waals surface area contributed by atoms with Crippen LogP contribution in [0.3, 0.4) is 0 Å². The number of halogens is 1. The summed E-state index contributed by atoms with van der Waals surface area (Å²) in [5, 5.41) is 0.335. The third-order valence-corrected chi connectivity index (χ3v) is 5.42. The first kappa shape index (κ1) is 14.0. The Labute approximate surface area is 129 Å². The van der Waals surface area contributed by atoms with Gasteiger partial charge in [0.2, 0.25) is 15.3 Å². The molecule has 0 radical (unpaired) electrons. The highest BCUT2D eigenvalue weighted by atomic mass is 79.9. The summed E-state index contributed by atoms with van der Waals surface area (Å²) in [6, 6.07) is 13.0. The van der Waals surface area contributed by atoms with Crippen molar-refractivity contribution < 1.29 is 8.42 Å². The Morgan fingerprint density at radius 1 is 1.00 bits per heavy atom. The van der Waals surface area contributed by atoms with Crippen LogP contribution >= 0.6 is 15.9 Å². The minimum Gasteiger partial charge on any atom is -0.360 e. The molecule has 0 unspecified atom stereocenters. The molecule has 6 heteroatoms. The van der Waals surface area contributed by atoms with Crippen molar-refractivity contribution in [2.45, 2.75) is 9.79 Å². The lowest BCUT2D eigenvalue weighted by Gasteiger charge is -2.05. The molecular formula is C15H10BrNO3S. The van der Waals surface area contributed by atoms with Crippen LogP contribution in [-0.4, -0.2) is 13.4 Å². The van der Waals surface area contributed by atoms with Gasteiger partial charge in [0.05, 0.1) is 4.90 Å². The Kier molecular flexibility index (Phi) is 3.43. The zero-order chi connectivity index (χ0) is 15.0. The van der Waals surface area contributed by atoms with E-state index < -0.39 is 15.3 Å². The predicted octanol–water partition coefficient (Wildman–Crippen LogP) is 3.12. The van der Waals surface area contributed by atoms with Crippen molar-refractivity contribution in [3.05, 3.63) is 69.4 Å². The second-order valence-electron chi connectivity index (χ2n) is 4.49. The number of nitrogens with one attached hydrogen (secondary N) is 1. The van der Waals surface area contributed by atoms with Crippen molar-refractivity contribution in [1.29, 1.82) is 0 Å². The molecule has 0 amide bonds. The topological polar surface area (TPSA) is 67.0 Å². The summed E-state index contributed by atoms with van der Waals surface area (Å²) in [5.74, 6) is 0. The molecule has 0 fully saturated rings. The van der Waals surface area contributed by atoms with Crippen molar-refractivity contribution in [2.75, 3.05) is 0 Å². The van der Waals surface area contributed by atoms with Crippen LogP contribution in [0.25, 0.3) is 10.9 Å². The summed E-state index contributed by atoms with van der Waals surface area (Å²) in [7, 11) is -3.83. The fourth-order valence-electron chi connectivity index (χ4n) is 2.10. The molecule has 3 rings (SSSR count). The summed E-state index contributed by atoms with van der Waals surface area (Å²) in [6.07, 6.45) is 1.25. The normalized spacial score (nSPS) is 11.7. The van der Waals surface area contributed by atoms with Crippen molar-refractivity contribution in [3.8, 4) is 0 Å². The molecule has 1 aromatic heterocycles. The number of fused-ring (bicyclic) bond motifs is 1. The lowest BCUT2D eigenvalue weighted by molar-refractivity contribution is 0.595. The van der Waals surface area contributed by atoms with Crippen LogP contribution in [0, 0.1) is 0 Å². The number of H-pyrrole nitrogens is 1. The van der Waals surface area contributed by atoms with Crippen molar-refractivity contribution in [1.82, 2.24) is 4.98 Å². The van der Waals surface area contributed by atoms with Crippen LogP contribution in [0.15, 0.2) is 73.8 Å². The molecule has 0 saturated carbocycles. The second kappa shape index (κ2) is 5.13. The molecule has 1 heterocycles. The van der Waals surface area contributed by atoms with Crippen molar-refractivity contribution in [2.24, 2.45) is 0 Å². The van der Waals surface area contributed by atoms with E-state index in [1.165, 1.54) is 18.3 Å². The zero-order valence-electron chi connectivity index (χ0n) is 10.7. The van der Waals surface area contributed by atoms with Crippen LogP contribution in [0.5, 0.6) is 0 Å². The van der Waals surface area contributed by atoms with Crippen LogP contribution < -0.4 is 5.43 Å². The molecule has 106 valence electrons. The Bertz CT molecular complexity index is 979. The number of benzene rings is 2. The van der Waals surface area contributed by atoms with Crippen LogP contribution in [0.2, 0.25) is 0 Å². The van der Waals surface area contributed by atoms with Gasteiger partial charge in [-0.2, -0.15) is 0 Å². The standard InChI is InChI=1S/C15H10BrNO3S/c16-10-6-7-13-12(8-10)15(18)14(9-17-13)21(19,20)11-4-2-1-3-5-11/h1-9H,(H,17,18). The Morgan fingerprint density at radius 3 is 2.43 bits per heavy atom. The van der Waals surface area contributed by atoms with E-state index in [2.05, 4.69) is 20.9 Å². The van der Waals surface area contributed by atoms with Gasteiger partial charge < -0.3 is 4.98 Å². The van der Waals surface area contributed by atoms with Gasteiger partial charge in [0.1, 0.15) is 4.90 Å². The first-order chi connectivity index (χ1) is 10.00. The van der Waals surface area contributed by atoms with Crippen molar-refractivity contribution in [3.63, 3.8) is 0 Å². The molecule has 4 nitrogen and oxygen atoms in total. The summed E-state index contributed by atoms with van der Waals surface area (Å²) in [4.78, 5) is 15.2. The third kappa shape index (κ3) is 2.41. The number of hydrogen-bond donors (Lipinski definition) is 1. The number of hydrogen-bond acceptors (Lipinski definition) is 3.